The zero-order valence-corrected chi connectivity index (χ0v) is 9.55. The lowest BCUT2D eigenvalue weighted by Crippen LogP contribution is -2.29. The van der Waals surface area contributed by atoms with Crippen LogP contribution in [0.25, 0.3) is 0 Å². The summed E-state index contributed by atoms with van der Waals surface area (Å²) in [6.07, 6.45) is 8.04. The molecule has 0 spiro atoms. The van der Waals surface area contributed by atoms with Crippen LogP contribution in [0.1, 0.15) is 52.4 Å². The van der Waals surface area contributed by atoms with Gasteiger partial charge in [0, 0.05) is 0 Å². The van der Waals surface area contributed by atoms with Crippen LogP contribution >= 0.6 is 0 Å². The van der Waals surface area contributed by atoms with Crippen molar-refractivity contribution in [3.8, 4) is 0 Å². The second-order valence-electron chi connectivity index (χ2n) is 6.09. The Labute approximate surface area is 91.0 Å². The monoisotopic (exact) mass is 186 g/mol. The van der Waals surface area contributed by atoms with Gasteiger partial charge in [0.05, 0.1) is 15.7 Å². The minimum atomic E-state index is -0.445. The van der Waals surface area contributed by atoms with E-state index in [4.69, 9.17) is 15.7 Å². The Bertz CT molecular complexity index is 212. The molecule has 2 fully saturated rings. The second-order valence-corrected chi connectivity index (χ2v) is 6.09. The van der Waals surface area contributed by atoms with Crippen molar-refractivity contribution >= 4 is 15.7 Å². The van der Waals surface area contributed by atoms with Crippen LogP contribution in [0, 0.1) is 17.3 Å². The number of hydrogen-bond donors (Lipinski definition) is 0. The van der Waals surface area contributed by atoms with Gasteiger partial charge in [-0.1, -0.05) is 31.4 Å². The molecule has 0 amide bonds. The lowest BCUT2D eigenvalue weighted by molar-refractivity contribution is 0.237. The molecule has 0 aromatic rings. The SMILES string of the molecule is [B]C([B])(CC12CCC(CC1)C2)C(C)C. The number of hydrogen-bond acceptors (Lipinski definition) is 0. The highest BCUT2D eigenvalue weighted by Crippen LogP contribution is 2.59. The smallest absolute Gasteiger partial charge is 0.0624 e. The van der Waals surface area contributed by atoms with Crippen LogP contribution in [0.3, 0.4) is 0 Å². The molecular weight excluding hydrogens is 166 g/mol. The van der Waals surface area contributed by atoms with Crippen molar-refractivity contribution in [3.63, 3.8) is 0 Å². The molecule has 0 aromatic heterocycles. The van der Waals surface area contributed by atoms with Crippen molar-refractivity contribution in [1.82, 2.24) is 0 Å². The molecule has 0 unspecified atom stereocenters. The molecule has 2 rings (SSSR count). The first kappa shape index (κ1) is 10.6. The summed E-state index contributed by atoms with van der Waals surface area (Å²) in [4.78, 5) is 0. The fourth-order valence-corrected chi connectivity index (χ4v) is 3.41. The van der Waals surface area contributed by atoms with Crippen molar-refractivity contribution in [3.05, 3.63) is 0 Å². The molecule has 2 bridgehead atoms. The second kappa shape index (κ2) is 3.32. The Morgan fingerprint density at radius 1 is 1.29 bits per heavy atom. The highest BCUT2D eigenvalue weighted by Gasteiger charge is 2.47. The minimum Gasteiger partial charge on any atom is -0.0962 e. The van der Waals surface area contributed by atoms with E-state index in [1.807, 2.05) is 0 Å². The zero-order chi connectivity index (χ0) is 10.4. The molecule has 2 heteroatoms. The normalized spacial score (nSPS) is 36.9. The van der Waals surface area contributed by atoms with Crippen LogP contribution in [-0.2, 0) is 0 Å². The molecule has 0 saturated heterocycles. The molecule has 14 heavy (non-hydrogen) atoms. The van der Waals surface area contributed by atoms with Crippen molar-refractivity contribution in [2.24, 2.45) is 17.3 Å². The molecule has 2 saturated carbocycles. The van der Waals surface area contributed by atoms with E-state index in [0.717, 1.165) is 12.3 Å². The fraction of sp³-hybridized carbons (Fsp3) is 1.00. The lowest BCUT2D eigenvalue weighted by atomic mass is 9.44. The van der Waals surface area contributed by atoms with Crippen LogP contribution in [0.15, 0.2) is 0 Å². The first-order chi connectivity index (χ1) is 6.44. The summed E-state index contributed by atoms with van der Waals surface area (Å²) in [7, 11) is 12.4. The average molecular weight is 186 g/mol. The Hall–Kier alpha value is 0.130. The lowest BCUT2D eigenvalue weighted by Gasteiger charge is -2.40. The van der Waals surface area contributed by atoms with E-state index in [9.17, 15) is 0 Å². The molecule has 2 aliphatic carbocycles. The van der Waals surface area contributed by atoms with Gasteiger partial charge in [-0.3, -0.25) is 0 Å². The van der Waals surface area contributed by atoms with E-state index in [2.05, 4.69) is 13.8 Å². The molecule has 74 valence electrons. The van der Waals surface area contributed by atoms with Crippen LogP contribution in [-0.4, -0.2) is 15.7 Å². The molecule has 2 aliphatic rings. The van der Waals surface area contributed by atoms with E-state index < -0.39 is 5.21 Å². The van der Waals surface area contributed by atoms with Gasteiger partial charge in [-0.05, 0) is 43.4 Å². The summed E-state index contributed by atoms with van der Waals surface area (Å²) in [6, 6.07) is 0. The van der Waals surface area contributed by atoms with Gasteiger partial charge in [0.15, 0.2) is 0 Å². The summed E-state index contributed by atoms with van der Waals surface area (Å²) < 4.78 is 0. The summed E-state index contributed by atoms with van der Waals surface area (Å²) in [5.41, 5.74) is 0.526. The predicted octanol–water partition coefficient (Wildman–Crippen LogP) is 3.07. The Kier molecular flexibility index (Phi) is 2.52. The molecule has 0 atom stereocenters. The molecule has 0 heterocycles. The largest absolute Gasteiger partial charge is 0.0962 e. The molecule has 0 aromatic carbocycles. The molecular formula is C12H20B2. The van der Waals surface area contributed by atoms with E-state index in [0.29, 0.717) is 11.3 Å². The zero-order valence-electron chi connectivity index (χ0n) is 9.55. The standard InChI is InChI=1S/C12H20B2/c1-9(2)12(13,14)8-11-5-3-10(7-11)4-6-11/h9-10H,3-8H2,1-2H3. The van der Waals surface area contributed by atoms with Gasteiger partial charge in [0.1, 0.15) is 0 Å². The Morgan fingerprint density at radius 3 is 2.21 bits per heavy atom. The highest BCUT2D eigenvalue weighted by molar-refractivity contribution is 6.40. The third-order valence-electron chi connectivity index (χ3n) is 4.64. The summed E-state index contributed by atoms with van der Waals surface area (Å²) in [5, 5.41) is -0.445. The van der Waals surface area contributed by atoms with E-state index in [1.54, 1.807) is 0 Å². The van der Waals surface area contributed by atoms with Crippen molar-refractivity contribution in [2.45, 2.75) is 57.6 Å². The fourth-order valence-electron chi connectivity index (χ4n) is 3.41. The van der Waals surface area contributed by atoms with Gasteiger partial charge < -0.3 is 0 Å². The van der Waals surface area contributed by atoms with Gasteiger partial charge in [0.2, 0.25) is 0 Å². The van der Waals surface area contributed by atoms with E-state index in [1.165, 1.54) is 32.1 Å². The predicted molar refractivity (Wildman–Crippen MR) is 62.7 cm³/mol. The molecule has 4 radical (unpaired) electrons. The summed E-state index contributed by atoms with van der Waals surface area (Å²) in [5.74, 6) is 1.38. The maximum absolute atomic E-state index is 6.20. The summed E-state index contributed by atoms with van der Waals surface area (Å²) >= 11 is 0. The van der Waals surface area contributed by atoms with E-state index >= 15 is 0 Å². The Balaban J connectivity index is 2.03. The maximum atomic E-state index is 6.20. The topological polar surface area (TPSA) is 0 Å². The van der Waals surface area contributed by atoms with Crippen LogP contribution < -0.4 is 0 Å². The third-order valence-corrected chi connectivity index (χ3v) is 4.64. The van der Waals surface area contributed by atoms with Crippen LogP contribution in [0.5, 0.6) is 0 Å². The van der Waals surface area contributed by atoms with Gasteiger partial charge in [-0.15, -0.1) is 0 Å². The maximum Gasteiger partial charge on any atom is 0.0624 e. The van der Waals surface area contributed by atoms with Crippen LogP contribution in [0.2, 0.25) is 5.21 Å². The van der Waals surface area contributed by atoms with Gasteiger partial charge in [-0.2, -0.15) is 0 Å². The quantitative estimate of drug-likeness (QED) is 0.594. The number of rotatable bonds is 3. The molecule has 0 nitrogen and oxygen atoms in total. The van der Waals surface area contributed by atoms with Gasteiger partial charge in [0.25, 0.3) is 0 Å². The summed E-state index contributed by atoms with van der Waals surface area (Å²) in [6.45, 7) is 4.27. The Morgan fingerprint density at radius 2 is 1.86 bits per heavy atom. The van der Waals surface area contributed by atoms with Crippen molar-refractivity contribution in [2.75, 3.05) is 0 Å². The average Bonchev–Trinajstić information content (AvgIpc) is 2.61. The number of fused-ring (bicyclic) bond motifs is 2. The van der Waals surface area contributed by atoms with Crippen molar-refractivity contribution < 1.29 is 0 Å². The van der Waals surface area contributed by atoms with Crippen molar-refractivity contribution in [1.29, 1.82) is 0 Å². The first-order valence-electron chi connectivity index (χ1n) is 6.01. The minimum absolute atomic E-state index is 0.386. The third kappa shape index (κ3) is 1.77. The molecule has 0 aliphatic heterocycles. The first-order valence-corrected chi connectivity index (χ1v) is 6.01. The highest BCUT2D eigenvalue weighted by atomic mass is 14.5. The van der Waals surface area contributed by atoms with E-state index in [-0.39, 0.29) is 0 Å². The van der Waals surface area contributed by atoms with Gasteiger partial charge in [-0.25, -0.2) is 0 Å². The van der Waals surface area contributed by atoms with Gasteiger partial charge >= 0.3 is 0 Å². The van der Waals surface area contributed by atoms with Crippen LogP contribution in [0.4, 0.5) is 0 Å². The molecule has 0 N–H and O–H groups in total.